The minimum Gasteiger partial charge on any atom is -0.272 e. The molecule has 1 aliphatic rings. The first kappa shape index (κ1) is 22.3. The molecule has 0 radical (unpaired) electrons. The molecule has 0 unspecified atom stereocenters. The van der Waals surface area contributed by atoms with E-state index in [0.29, 0.717) is 13.1 Å². The standard InChI is InChI=1S/C19H30N4O4S/c1-4-7-15-8-10-16(11-9-15)20-21-18-13-12-17(14-19(18)23(24)25)28(26,27)22(5-2)6-3/h12-15,21H,4-11H2,1-3H3. The summed E-state index contributed by atoms with van der Waals surface area (Å²) in [4.78, 5) is 10.8. The molecule has 1 aromatic rings. The monoisotopic (exact) mass is 410 g/mol. The molecule has 1 aliphatic carbocycles. The first-order valence-corrected chi connectivity index (χ1v) is 11.4. The van der Waals surface area contributed by atoms with E-state index in [-0.39, 0.29) is 16.3 Å². The predicted octanol–water partition coefficient (Wildman–Crippen LogP) is 4.38. The van der Waals surface area contributed by atoms with Gasteiger partial charge in [0.1, 0.15) is 5.69 Å². The van der Waals surface area contributed by atoms with Crippen LogP contribution in [0.3, 0.4) is 0 Å². The van der Waals surface area contributed by atoms with Crippen LogP contribution in [0, 0.1) is 16.0 Å². The van der Waals surface area contributed by atoms with Crippen molar-refractivity contribution in [2.24, 2.45) is 11.0 Å². The largest absolute Gasteiger partial charge is 0.295 e. The number of hydrogen-bond donors (Lipinski definition) is 1. The number of benzene rings is 1. The van der Waals surface area contributed by atoms with Gasteiger partial charge in [-0.1, -0.05) is 33.6 Å². The first-order valence-electron chi connectivity index (χ1n) is 9.93. The van der Waals surface area contributed by atoms with Gasteiger partial charge in [-0.15, -0.1) is 0 Å². The lowest BCUT2D eigenvalue weighted by Crippen LogP contribution is -2.30. The second-order valence-corrected chi connectivity index (χ2v) is 8.99. The van der Waals surface area contributed by atoms with Crippen LogP contribution in [0.25, 0.3) is 0 Å². The second-order valence-electron chi connectivity index (χ2n) is 7.05. The zero-order valence-electron chi connectivity index (χ0n) is 16.8. The van der Waals surface area contributed by atoms with Gasteiger partial charge in [0.2, 0.25) is 10.0 Å². The lowest BCUT2D eigenvalue weighted by atomic mass is 9.85. The maximum Gasteiger partial charge on any atom is 0.295 e. The molecule has 156 valence electrons. The minimum atomic E-state index is -3.76. The van der Waals surface area contributed by atoms with E-state index in [4.69, 9.17) is 0 Å². The summed E-state index contributed by atoms with van der Waals surface area (Å²) >= 11 is 0. The molecule has 1 fully saturated rings. The molecule has 0 aliphatic heterocycles. The van der Waals surface area contributed by atoms with E-state index in [1.165, 1.54) is 29.3 Å². The highest BCUT2D eigenvalue weighted by atomic mass is 32.2. The van der Waals surface area contributed by atoms with Gasteiger partial charge in [-0.05, 0) is 43.7 Å². The van der Waals surface area contributed by atoms with Crippen LogP contribution in [-0.2, 0) is 10.0 Å². The topological polar surface area (TPSA) is 105 Å². The average molecular weight is 411 g/mol. The summed E-state index contributed by atoms with van der Waals surface area (Å²) < 4.78 is 26.5. The van der Waals surface area contributed by atoms with E-state index < -0.39 is 14.9 Å². The summed E-state index contributed by atoms with van der Waals surface area (Å²) in [5.41, 5.74) is 3.69. The smallest absolute Gasteiger partial charge is 0.272 e. The third kappa shape index (κ3) is 5.29. The van der Waals surface area contributed by atoms with Crippen LogP contribution in [0.4, 0.5) is 11.4 Å². The van der Waals surface area contributed by atoms with Crippen LogP contribution in [0.5, 0.6) is 0 Å². The average Bonchev–Trinajstić information content (AvgIpc) is 2.68. The summed E-state index contributed by atoms with van der Waals surface area (Å²) in [6, 6.07) is 3.91. The Bertz CT molecular complexity index is 809. The zero-order valence-corrected chi connectivity index (χ0v) is 17.7. The van der Waals surface area contributed by atoms with Gasteiger partial charge in [-0.2, -0.15) is 9.41 Å². The predicted molar refractivity (Wildman–Crippen MR) is 111 cm³/mol. The fourth-order valence-corrected chi connectivity index (χ4v) is 5.07. The van der Waals surface area contributed by atoms with Crippen LogP contribution >= 0.6 is 0 Å². The molecular weight excluding hydrogens is 380 g/mol. The Balaban J connectivity index is 2.20. The Morgan fingerprint density at radius 1 is 1.21 bits per heavy atom. The van der Waals surface area contributed by atoms with E-state index in [0.717, 1.165) is 43.4 Å². The fourth-order valence-electron chi connectivity index (χ4n) is 3.59. The number of anilines is 1. The highest BCUT2D eigenvalue weighted by Crippen LogP contribution is 2.30. The molecule has 2 rings (SSSR count). The molecule has 28 heavy (non-hydrogen) atoms. The van der Waals surface area contributed by atoms with Crippen LogP contribution in [0.2, 0.25) is 0 Å². The molecular formula is C19H30N4O4S. The van der Waals surface area contributed by atoms with Gasteiger partial charge in [0.05, 0.1) is 9.82 Å². The third-order valence-corrected chi connectivity index (χ3v) is 7.27. The number of sulfonamides is 1. The van der Waals surface area contributed by atoms with Crippen molar-refractivity contribution in [3.63, 3.8) is 0 Å². The summed E-state index contributed by atoms with van der Waals surface area (Å²) in [5, 5.41) is 15.8. The number of nitrogens with one attached hydrogen (secondary N) is 1. The Morgan fingerprint density at radius 2 is 1.86 bits per heavy atom. The highest BCUT2D eigenvalue weighted by molar-refractivity contribution is 7.89. The number of hydrogen-bond acceptors (Lipinski definition) is 6. The summed E-state index contributed by atoms with van der Waals surface area (Å²) in [5.74, 6) is 0.739. The van der Waals surface area contributed by atoms with Crippen molar-refractivity contribution in [2.45, 2.75) is 64.2 Å². The lowest BCUT2D eigenvalue weighted by molar-refractivity contribution is -0.384. The maximum absolute atomic E-state index is 12.6. The lowest BCUT2D eigenvalue weighted by Gasteiger charge is -2.22. The summed E-state index contributed by atoms with van der Waals surface area (Å²) in [6.45, 7) is 6.26. The van der Waals surface area contributed by atoms with Gasteiger partial charge in [-0.25, -0.2) is 8.42 Å². The van der Waals surface area contributed by atoms with E-state index in [2.05, 4.69) is 17.5 Å². The number of nitrogens with zero attached hydrogens (tertiary/aromatic N) is 3. The van der Waals surface area contributed by atoms with Crippen LogP contribution in [-0.4, -0.2) is 36.4 Å². The molecule has 1 saturated carbocycles. The van der Waals surface area contributed by atoms with Crippen LogP contribution in [0.15, 0.2) is 28.2 Å². The van der Waals surface area contributed by atoms with E-state index in [1.54, 1.807) is 13.8 Å². The summed E-state index contributed by atoms with van der Waals surface area (Å²) in [7, 11) is -3.76. The highest BCUT2D eigenvalue weighted by Gasteiger charge is 2.26. The molecule has 1 N–H and O–H groups in total. The van der Waals surface area contributed by atoms with Gasteiger partial charge in [-0.3, -0.25) is 15.5 Å². The van der Waals surface area contributed by atoms with Crippen molar-refractivity contribution in [3.05, 3.63) is 28.3 Å². The molecule has 0 aromatic heterocycles. The van der Waals surface area contributed by atoms with Crippen molar-refractivity contribution in [2.75, 3.05) is 18.5 Å². The molecule has 0 saturated heterocycles. The summed E-state index contributed by atoms with van der Waals surface area (Å²) in [6.07, 6.45) is 6.38. The van der Waals surface area contributed by atoms with Gasteiger partial charge in [0, 0.05) is 24.9 Å². The number of rotatable bonds is 9. The first-order chi connectivity index (χ1) is 13.3. The zero-order chi connectivity index (χ0) is 20.7. The van der Waals surface area contributed by atoms with E-state index >= 15 is 0 Å². The number of nitro groups is 1. The molecule has 0 heterocycles. The Kier molecular flexibility index (Phi) is 7.94. The molecule has 0 amide bonds. The fraction of sp³-hybridized carbons (Fsp3) is 0.632. The number of nitro benzene ring substituents is 1. The number of hydrazone groups is 1. The van der Waals surface area contributed by atoms with Gasteiger partial charge in [0.25, 0.3) is 5.69 Å². The Hall–Kier alpha value is -2.00. The van der Waals surface area contributed by atoms with Crippen molar-refractivity contribution in [1.82, 2.24) is 4.31 Å². The Morgan fingerprint density at radius 3 is 2.39 bits per heavy atom. The van der Waals surface area contributed by atoms with Crippen LogP contribution in [0.1, 0.15) is 59.3 Å². The van der Waals surface area contributed by atoms with Gasteiger partial charge >= 0.3 is 0 Å². The Labute approximate surface area is 167 Å². The molecule has 9 heteroatoms. The van der Waals surface area contributed by atoms with Crippen molar-refractivity contribution in [3.8, 4) is 0 Å². The quantitative estimate of drug-likeness (QED) is 0.480. The molecule has 1 aromatic carbocycles. The van der Waals surface area contributed by atoms with E-state index in [1.807, 2.05) is 0 Å². The van der Waals surface area contributed by atoms with Gasteiger partial charge in [0.15, 0.2) is 0 Å². The van der Waals surface area contributed by atoms with Crippen molar-refractivity contribution < 1.29 is 13.3 Å². The third-order valence-electron chi connectivity index (χ3n) is 5.22. The van der Waals surface area contributed by atoms with Crippen molar-refractivity contribution >= 4 is 27.1 Å². The normalized spacial score (nSPS) is 17.6. The molecule has 0 bridgehead atoms. The van der Waals surface area contributed by atoms with E-state index in [9.17, 15) is 18.5 Å². The second kappa shape index (κ2) is 9.97. The van der Waals surface area contributed by atoms with Crippen LogP contribution < -0.4 is 5.43 Å². The van der Waals surface area contributed by atoms with Gasteiger partial charge < -0.3 is 0 Å². The van der Waals surface area contributed by atoms with Crippen molar-refractivity contribution in [1.29, 1.82) is 0 Å². The molecule has 8 nitrogen and oxygen atoms in total. The maximum atomic E-state index is 12.6. The SMILES string of the molecule is CCCC1CCC(=NNc2ccc(S(=O)(=O)N(CC)CC)cc2[N+](=O)[O-])CC1. The molecule has 0 spiro atoms. The minimum absolute atomic E-state index is 0.0822. The molecule has 0 atom stereocenters.